The van der Waals surface area contributed by atoms with E-state index in [-0.39, 0.29) is 5.91 Å². The molecule has 3 nitrogen and oxygen atoms in total. The number of rotatable bonds is 3. The predicted octanol–water partition coefficient (Wildman–Crippen LogP) is 5.63. The monoisotopic (exact) mass is 483 g/mol. The maximum absolute atomic E-state index is 12.7. The number of amides is 1. The van der Waals surface area contributed by atoms with Gasteiger partial charge in [-0.25, -0.2) is 0 Å². The standard InChI is InChI=1S/C17H11Br2NO2S2/c1-22-14-6-5-10(7-13(14)19)8-15-16(21)20(17(23)24-15)12-4-2-3-11(18)9-12/h2-9H,1H3/b15-8-. The van der Waals surface area contributed by atoms with E-state index in [0.717, 1.165) is 25.9 Å². The molecule has 1 aliphatic rings. The molecule has 0 aliphatic carbocycles. The molecule has 0 N–H and O–H groups in total. The summed E-state index contributed by atoms with van der Waals surface area (Å²) in [7, 11) is 1.61. The highest BCUT2D eigenvalue weighted by molar-refractivity contribution is 9.10. The zero-order chi connectivity index (χ0) is 17.3. The molecule has 1 fully saturated rings. The molecule has 0 aromatic heterocycles. The first kappa shape index (κ1) is 17.7. The van der Waals surface area contributed by atoms with Crippen molar-refractivity contribution in [3.05, 3.63) is 61.9 Å². The smallest absolute Gasteiger partial charge is 0.270 e. The molecule has 0 atom stereocenters. The Morgan fingerprint density at radius 3 is 2.67 bits per heavy atom. The third kappa shape index (κ3) is 3.59. The van der Waals surface area contributed by atoms with Crippen molar-refractivity contribution in [2.24, 2.45) is 0 Å². The first-order chi connectivity index (χ1) is 11.5. The summed E-state index contributed by atoms with van der Waals surface area (Å²) >= 11 is 13.6. The summed E-state index contributed by atoms with van der Waals surface area (Å²) in [5.74, 6) is 0.629. The molecule has 0 radical (unpaired) electrons. The fraction of sp³-hybridized carbons (Fsp3) is 0.0588. The molecule has 2 aromatic carbocycles. The molecule has 1 heterocycles. The van der Waals surface area contributed by atoms with E-state index in [1.54, 1.807) is 12.0 Å². The molecule has 3 rings (SSSR count). The average molecular weight is 485 g/mol. The van der Waals surface area contributed by atoms with Gasteiger partial charge in [0.1, 0.15) is 5.75 Å². The van der Waals surface area contributed by atoms with Crippen molar-refractivity contribution < 1.29 is 9.53 Å². The number of ether oxygens (including phenoxy) is 1. The SMILES string of the molecule is COc1ccc(/C=C2\SC(=S)N(c3cccc(Br)c3)C2=O)cc1Br. The summed E-state index contributed by atoms with van der Waals surface area (Å²) in [5, 5.41) is 0. The van der Waals surface area contributed by atoms with Gasteiger partial charge in [0, 0.05) is 4.47 Å². The minimum Gasteiger partial charge on any atom is -0.496 e. The van der Waals surface area contributed by atoms with Crippen molar-refractivity contribution in [3.8, 4) is 5.75 Å². The van der Waals surface area contributed by atoms with Crippen molar-refractivity contribution in [2.45, 2.75) is 0 Å². The zero-order valence-electron chi connectivity index (χ0n) is 12.5. The molecular formula is C17H11Br2NO2S2. The number of halogens is 2. The minimum atomic E-state index is -0.116. The second kappa shape index (κ2) is 7.39. The van der Waals surface area contributed by atoms with Crippen LogP contribution in [0.4, 0.5) is 5.69 Å². The third-order valence-electron chi connectivity index (χ3n) is 3.33. The molecule has 1 amide bonds. The van der Waals surface area contributed by atoms with E-state index < -0.39 is 0 Å². The van der Waals surface area contributed by atoms with Crippen LogP contribution in [0.15, 0.2) is 56.3 Å². The number of nitrogens with zero attached hydrogens (tertiary/aromatic N) is 1. The normalized spacial score (nSPS) is 16.1. The molecule has 0 spiro atoms. The highest BCUT2D eigenvalue weighted by atomic mass is 79.9. The van der Waals surface area contributed by atoms with Gasteiger partial charge in [0.2, 0.25) is 0 Å². The minimum absolute atomic E-state index is 0.116. The van der Waals surface area contributed by atoms with Gasteiger partial charge in [0.25, 0.3) is 5.91 Å². The van der Waals surface area contributed by atoms with Crippen LogP contribution in [0.2, 0.25) is 0 Å². The van der Waals surface area contributed by atoms with Crippen molar-refractivity contribution in [3.63, 3.8) is 0 Å². The Kier molecular flexibility index (Phi) is 5.44. The number of thiocarbonyl (C=S) groups is 1. The van der Waals surface area contributed by atoms with Gasteiger partial charge in [-0.1, -0.05) is 52.0 Å². The maximum atomic E-state index is 12.7. The number of carbonyl (C=O) groups is 1. The predicted molar refractivity (Wildman–Crippen MR) is 110 cm³/mol. The topological polar surface area (TPSA) is 29.5 Å². The second-order valence-electron chi connectivity index (χ2n) is 4.89. The van der Waals surface area contributed by atoms with Crippen LogP contribution >= 0.6 is 55.8 Å². The molecule has 0 saturated carbocycles. The quantitative estimate of drug-likeness (QED) is 0.417. The van der Waals surface area contributed by atoms with Gasteiger partial charge in [-0.2, -0.15) is 0 Å². The summed E-state index contributed by atoms with van der Waals surface area (Å²) < 4.78 is 7.48. The van der Waals surface area contributed by atoms with Crippen molar-refractivity contribution in [2.75, 3.05) is 12.0 Å². The van der Waals surface area contributed by atoms with E-state index in [4.69, 9.17) is 17.0 Å². The van der Waals surface area contributed by atoms with Crippen LogP contribution < -0.4 is 9.64 Å². The van der Waals surface area contributed by atoms with Crippen LogP contribution in [0.5, 0.6) is 5.75 Å². The van der Waals surface area contributed by atoms with Gasteiger partial charge in [0.05, 0.1) is 22.2 Å². The first-order valence-electron chi connectivity index (χ1n) is 6.86. The lowest BCUT2D eigenvalue weighted by Gasteiger charge is -2.14. The van der Waals surface area contributed by atoms with Gasteiger partial charge in [-0.05, 0) is 57.9 Å². The average Bonchev–Trinajstić information content (AvgIpc) is 2.81. The Bertz CT molecular complexity index is 867. The number of hydrogen-bond acceptors (Lipinski definition) is 4. The Morgan fingerprint density at radius 1 is 1.21 bits per heavy atom. The second-order valence-corrected chi connectivity index (χ2v) is 8.34. The lowest BCUT2D eigenvalue weighted by Crippen LogP contribution is -2.27. The van der Waals surface area contributed by atoms with Crippen LogP contribution in [-0.4, -0.2) is 17.3 Å². The summed E-state index contributed by atoms with van der Waals surface area (Å²) in [6.07, 6.45) is 1.83. The number of hydrogen-bond donors (Lipinski definition) is 0. The van der Waals surface area contributed by atoms with Crippen molar-refractivity contribution in [1.82, 2.24) is 0 Å². The Hall–Kier alpha value is -1.15. The number of anilines is 1. The number of thioether (sulfide) groups is 1. The molecule has 1 aliphatic heterocycles. The Balaban J connectivity index is 1.92. The van der Waals surface area contributed by atoms with E-state index in [1.165, 1.54) is 11.8 Å². The van der Waals surface area contributed by atoms with Crippen LogP contribution in [0, 0.1) is 0 Å². The first-order valence-corrected chi connectivity index (χ1v) is 9.68. The number of methoxy groups -OCH3 is 1. The molecule has 1 saturated heterocycles. The molecule has 7 heteroatoms. The lowest BCUT2D eigenvalue weighted by atomic mass is 10.2. The van der Waals surface area contributed by atoms with E-state index in [9.17, 15) is 4.79 Å². The molecular weight excluding hydrogens is 474 g/mol. The fourth-order valence-electron chi connectivity index (χ4n) is 2.23. The molecule has 0 bridgehead atoms. The van der Waals surface area contributed by atoms with E-state index in [0.29, 0.717) is 9.23 Å². The summed E-state index contributed by atoms with van der Waals surface area (Å²) in [6, 6.07) is 13.2. The molecule has 2 aromatic rings. The fourth-order valence-corrected chi connectivity index (χ4v) is 4.47. The number of carbonyl (C=O) groups excluding carboxylic acids is 1. The van der Waals surface area contributed by atoms with Crippen LogP contribution in [0.25, 0.3) is 6.08 Å². The third-order valence-corrected chi connectivity index (χ3v) is 5.75. The number of benzene rings is 2. The Labute approximate surface area is 166 Å². The van der Waals surface area contributed by atoms with Crippen LogP contribution in [0.1, 0.15) is 5.56 Å². The van der Waals surface area contributed by atoms with E-state index in [1.807, 2.05) is 48.5 Å². The van der Waals surface area contributed by atoms with Gasteiger partial charge >= 0.3 is 0 Å². The van der Waals surface area contributed by atoms with Crippen LogP contribution in [0.3, 0.4) is 0 Å². The van der Waals surface area contributed by atoms with Gasteiger partial charge < -0.3 is 4.74 Å². The summed E-state index contributed by atoms with van der Waals surface area (Å²) in [4.78, 5) is 14.9. The summed E-state index contributed by atoms with van der Waals surface area (Å²) in [5.41, 5.74) is 1.66. The van der Waals surface area contributed by atoms with Gasteiger partial charge in [-0.3, -0.25) is 9.69 Å². The largest absolute Gasteiger partial charge is 0.496 e. The summed E-state index contributed by atoms with van der Waals surface area (Å²) in [6.45, 7) is 0. The van der Waals surface area contributed by atoms with Gasteiger partial charge in [-0.15, -0.1) is 0 Å². The van der Waals surface area contributed by atoms with E-state index in [2.05, 4.69) is 31.9 Å². The molecule has 122 valence electrons. The highest BCUT2D eigenvalue weighted by Gasteiger charge is 2.33. The lowest BCUT2D eigenvalue weighted by molar-refractivity contribution is -0.113. The van der Waals surface area contributed by atoms with Crippen molar-refractivity contribution in [1.29, 1.82) is 0 Å². The van der Waals surface area contributed by atoms with Crippen LogP contribution in [-0.2, 0) is 4.79 Å². The maximum Gasteiger partial charge on any atom is 0.270 e. The molecule has 24 heavy (non-hydrogen) atoms. The Morgan fingerprint density at radius 2 is 2.00 bits per heavy atom. The van der Waals surface area contributed by atoms with Crippen molar-refractivity contribution >= 4 is 77.8 Å². The zero-order valence-corrected chi connectivity index (χ0v) is 17.3. The van der Waals surface area contributed by atoms with Gasteiger partial charge in [0.15, 0.2) is 4.32 Å². The molecule has 0 unspecified atom stereocenters. The highest BCUT2D eigenvalue weighted by Crippen LogP contribution is 2.37. The van der Waals surface area contributed by atoms with E-state index >= 15 is 0 Å².